The van der Waals surface area contributed by atoms with Gasteiger partial charge in [-0.3, -0.25) is 0 Å². The van der Waals surface area contributed by atoms with Gasteiger partial charge in [0.25, 0.3) is 0 Å². The maximum Gasteiger partial charge on any atom is 0.147 e. The first kappa shape index (κ1) is 12.6. The second-order valence-corrected chi connectivity index (χ2v) is 4.55. The van der Waals surface area contributed by atoms with Crippen molar-refractivity contribution in [2.75, 3.05) is 26.5 Å². The van der Waals surface area contributed by atoms with E-state index in [0.717, 1.165) is 32.5 Å². The van der Waals surface area contributed by atoms with Gasteiger partial charge in [-0.15, -0.1) is 0 Å². The Morgan fingerprint density at radius 2 is 2.35 bits per heavy atom. The van der Waals surface area contributed by atoms with Crippen LogP contribution in [0.1, 0.15) is 17.5 Å². The lowest BCUT2D eigenvalue weighted by Gasteiger charge is -2.22. The summed E-state index contributed by atoms with van der Waals surface area (Å²) in [5, 5.41) is 3.44. The van der Waals surface area contributed by atoms with E-state index < -0.39 is 0 Å². The SMILES string of the molecule is Cc1cccc(CCNCC2CCOCO2)c1. The number of hydrogen-bond donors (Lipinski definition) is 1. The van der Waals surface area contributed by atoms with E-state index in [1.807, 2.05) is 0 Å². The van der Waals surface area contributed by atoms with Crippen molar-refractivity contribution in [3.05, 3.63) is 35.4 Å². The molecule has 0 bridgehead atoms. The minimum absolute atomic E-state index is 0.321. The van der Waals surface area contributed by atoms with Crippen LogP contribution in [0.3, 0.4) is 0 Å². The van der Waals surface area contributed by atoms with Crippen molar-refractivity contribution in [1.29, 1.82) is 0 Å². The van der Waals surface area contributed by atoms with Crippen LogP contribution in [0.15, 0.2) is 24.3 Å². The van der Waals surface area contributed by atoms with E-state index in [0.29, 0.717) is 12.9 Å². The molecule has 1 fully saturated rings. The largest absolute Gasteiger partial charge is 0.355 e. The Bertz CT molecular complexity index is 335. The van der Waals surface area contributed by atoms with Crippen LogP contribution in [-0.4, -0.2) is 32.6 Å². The monoisotopic (exact) mass is 235 g/mol. The summed E-state index contributed by atoms with van der Waals surface area (Å²) in [5.74, 6) is 0. The Balaban J connectivity index is 1.62. The summed E-state index contributed by atoms with van der Waals surface area (Å²) in [7, 11) is 0. The van der Waals surface area contributed by atoms with E-state index in [1.54, 1.807) is 0 Å². The van der Waals surface area contributed by atoms with Crippen molar-refractivity contribution >= 4 is 0 Å². The molecule has 1 aromatic rings. The van der Waals surface area contributed by atoms with Crippen molar-refractivity contribution in [2.24, 2.45) is 0 Å². The highest BCUT2D eigenvalue weighted by molar-refractivity contribution is 5.22. The van der Waals surface area contributed by atoms with Crippen molar-refractivity contribution in [3.63, 3.8) is 0 Å². The number of benzene rings is 1. The zero-order valence-electron chi connectivity index (χ0n) is 10.4. The lowest BCUT2D eigenvalue weighted by Crippen LogP contribution is -2.34. The smallest absolute Gasteiger partial charge is 0.147 e. The summed E-state index contributed by atoms with van der Waals surface area (Å²) in [4.78, 5) is 0. The van der Waals surface area contributed by atoms with Gasteiger partial charge in [-0.05, 0) is 31.9 Å². The van der Waals surface area contributed by atoms with Crippen LogP contribution in [0.25, 0.3) is 0 Å². The average Bonchev–Trinajstić information content (AvgIpc) is 2.36. The Kier molecular flexibility index (Phi) is 4.98. The van der Waals surface area contributed by atoms with Crippen LogP contribution in [0, 0.1) is 6.92 Å². The van der Waals surface area contributed by atoms with Crippen molar-refractivity contribution in [1.82, 2.24) is 5.32 Å². The molecule has 0 saturated carbocycles. The molecule has 1 heterocycles. The first-order valence-corrected chi connectivity index (χ1v) is 6.30. The molecule has 94 valence electrons. The molecular weight excluding hydrogens is 214 g/mol. The molecule has 1 aliphatic rings. The lowest BCUT2D eigenvalue weighted by atomic mass is 10.1. The molecule has 0 aromatic heterocycles. The van der Waals surface area contributed by atoms with Crippen molar-refractivity contribution in [2.45, 2.75) is 25.9 Å². The van der Waals surface area contributed by atoms with Gasteiger partial charge in [-0.2, -0.15) is 0 Å². The zero-order valence-corrected chi connectivity index (χ0v) is 10.4. The number of rotatable bonds is 5. The standard InChI is InChI=1S/C14H21NO2/c1-12-3-2-4-13(9-12)5-7-15-10-14-6-8-16-11-17-14/h2-4,9,14-15H,5-8,10-11H2,1H3. The zero-order chi connectivity index (χ0) is 11.9. The van der Waals surface area contributed by atoms with Crippen molar-refractivity contribution < 1.29 is 9.47 Å². The van der Waals surface area contributed by atoms with Gasteiger partial charge < -0.3 is 14.8 Å². The molecule has 1 atom stereocenters. The maximum atomic E-state index is 5.46. The van der Waals surface area contributed by atoms with Gasteiger partial charge in [0.1, 0.15) is 6.79 Å². The molecule has 17 heavy (non-hydrogen) atoms. The normalized spacial score (nSPS) is 20.4. The Morgan fingerprint density at radius 3 is 3.12 bits per heavy atom. The van der Waals surface area contributed by atoms with Gasteiger partial charge in [0.05, 0.1) is 12.7 Å². The molecule has 1 aromatic carbocycles. The Morgan fingerprint density at radius 1 is 1.41 bits per heavy atom. The summed E-state index contributed by atoms with van der Waals surface area (Å²) in [6, 6.07) is 8.67. The molecule has 2 rings (SSSR count). The molecular formula is C14H21NO2. The summed E-state index contributed by atoms with van der Waals surface area (Å²) in [5.41, 5.74) is 2.72. The van der Waals surface area contributed by atoms with Gasteiger partial charge in [-0.1, -0.05) is 29.8 Å². The number of ether oxygens (including phenoxy) is 2. The molecule has 1 saturated heterocycles. The fourth-order valence-electron chi connectivity index (χ4n) is 2.03. The Labute approximate surface area is 103 Å². The molecule has 1 aliphatic heterocycles. The fraction of sp³-hybridized carbons (Fsp3) is 0.571. The molecule has 0 aliphatic carbocycles. The maximum absolute atomic E-state index is 5.46. The first-order valence-electron chi connectivity index (χ1n) is 6.30. The molecule has 1 N–H and O–H groups in total. The topological polar surface area (TPSA) is 30.5 Å². The highest BCUT2D eigenvalue weighted by Gasteiger charge is 2.12. The van der Waals surface area contributed by atoms with Crippen LogP contribution in [-0.2, 0) is 15.9 Å². The summed E-state index contributed by atoms with van der Waals surface area (Å²) >= 11 is 0. The predicted octanol–water partition coefficient (Wildman–Crippen LogP) is 1.89. The van der Waals surface area contributed by atoms with Gasteiger partial charge in [0.15, 0.2) is 0 Å². The highest BCUT2D eigenvalue weighted by atomic mass is 16.7. The van der Waals surface area contributed by atoms with Gasteiger partial charge in [0.2, 0.25) is 0 Å². The minimum atomic E-state index is 0.321. The van der Waals surface area contributed by atoms with E-state index >= 15 is 0 Å². The van der Waals surface area contributed by atoms with E-state index in [9.17, 15) is 0 Å². The molecule has 1 unspecified atom stereocenters. The van der Waals surface area contributed by atoms with Crippen LogP contribution >= 0.6 is 0 Å². The van der Waals surface area contributed by atoms with Crippen LogP contribution < -0.4 is 5.32 Å². The average molecular weight is 235 g/mol. The lowest BCUT2D eigenvalue weighted by molar-refractivity contribution is -0.137. The molecule has 0 amide bonds. The third-order valence-electron chi connectivity index (χ3n) is 3.02. The number of hydrogen-bond acceptors (Lipinski definition) is 3. The third kappa shape index (κ3) is 4.46. The number of aryl methyl sites for hydroxylation is 1. The summed E-state index contributed by atoms with van der Waals surface area (Å²) < 4.78 is 10.6. The second-order valence-electron chi connectivity index (χ2n) is 4.55. The van der Waals surface area contributed by atoms with Gasteiger partial charge >= 0.3 is 0 Å². The summed E-state index contributed by atoms with van der Waals surface area (Å²) in [6.07, 6.45) is 2.39. The van der Waals surface area contributed by atoms with E-state index in [4.69, 9.17) is 9.47 Å². The third-order valence-corrected chi connectivity index (χ3v) is 3.02. The quantitative estimate of drug-likeness (QED) is 0.791. The van der Waals surface area contributed by atoms with Crippen LogP contribution in [0.4, 0.5) is 0 Å². The first-order chi connectivity index (χ1) is 8.34. The van der Waals surface area contributed by atoms with Crippen LogP contribution in [0.2, 0.25) is 0 Å². The van der Waals surface area contributed by atoms with Gasteiger partial charge in [0, 0.05) is 6.54 Å². The second kappa shape index (κ2) is 6.74. The molecule has 0 radical (unpaired) electrons. The predicted molar refractivity (Wildman–Crippen MR) is 68.1 cm³/mol. The van der Waals surface area contributed by atoms with Crippen molar-refractivity contribution in [3.8, 4) is 0 Å². The number of nitrogens with one attached hydrogen (secondary N) is 1. The van der Waals surface area contributed by atoms with E-state index in [-0.39, 0.29) is 0 Å². The van der Waals surface area contributed by atoms with E-state index in [2.05, 4.69) is 36.5 Å². The summed E-state index contributed by atoms with van der Waals surface area (Å²) in [6.45, 7) is 5.33. The highest BCUT2D eigenvalue weighted by Crippen LogP contribution is 2.06. The van der Waals surface area contributed by atoms with E-state index in [1.165, 1.54) is 11.1 Å². The molecule has 3 heteroatoms. The molecule has 3 nitrogen and oxygen atoms in total. The van der Waals surface area contributed by atoms with Crippen LogP contribution in [0.5, 0.6) is 0 Å². The Hall–Kier alpha value is -0.900. The fourth-order valence-corrected chi connectivity index (χ4v) is 2.03. The molecule has 0 spiro atoms. The van der Waals surface area contributed by atoms with Gasteiger partial charge in [-0.25, -0.2) is 0 Å². The minimum Gasteiger partial charge on any atom is -0.355 e.